The van der Waals surface area contributed by atoms with E-state index in [9.17, 15) is 4.79 Å². The van der Waals surface area contributed by atoms with Gasteiger partial charge in [-0.3, -0.25) is 9.69 Å². The molecule has 0 radical (unpaired) electrons. The molecule has 128 valence electrons. The largest absolute Gasteiger partial charge is 0.496 e. The average Bonchev–Trinajstić information content (AvgIpc) is 2.62. The Kier molecular flexibility index (Phi) is 5.36. The number of nitrogens with zero attached hydrogens (tertiary/aromatic N) is 1. The van der Waals surface area contributed by atoms with Crippen LogP contribution in [0.25, 0.3) is 10.8 Å². The molecule has 1 aliphatic heterocycles. The zero-order chi connectivity index (χ0) is 16.9. The van der Waals surface area contributed by atoms with Gasteiger partial charge >= 0.3 is 5.97 Å². The van der Waals surface area contributed by atoms with Crippen molar-refractivity contribution in [3.63, 3.8) is 0 Å². The van der Waals surface area contributed by atoms with Crippen LogP contribution < -0.4 is 4.74 Å². The summed E-state index contributed by atoms with van der Waals surface area (Å²) in [6, 6.07) is 12.3. The monoisotopic (exact) mass is 327 g/mol. The lowest BCUT2D eigenvalue weighted by atomic mass is 9.98. The molecule has 1 aliphatic rings. The molecule has 0 amide bonds. The molecule has 0 saturated carbocycles. The van der Waals surface area contributed by atoms with Crippen LogP contribution in [0.2, 0.25) is 0 Å². The Labute approximate surface area is 143 Å². The van der Waals surface area contributed by atoms with Crippen LogP contribution in [0, 0.1) is 0 Å². The smallest absolute Gasteiger partial charge is 0.323 e. The predicted molar refractivity (Wildman–Crippen MR) is 95.2 cm³/mol. The number of esters is 1. The lowest BCUT2D eigenvalue weighted by Crippen LogP contribution is -2.44. The van der Waals surface area contributed by atoms with Gasteiger partial charge in [0, 0.05) is 11.9 Å². The Morgan fingerprint density at radius 1 is 1.17 bits per heavy atom. The van der Waals surface area contributed by atoms with E-state index in [1.807, 2.05) is 25.1 Å². The number of ether oxygens (including phenoxy) is 2. The van der Waals surface area contributed by atoms with Crippen molar-refractivity contribution >= 4 is 16.7 Å². The third kappa shape index (κ3) is 3.39. The highest BCUT2D eigenvalue weighted by Crippen LogP contribution is 2.30. The molecule has 3 rings (SSSR count). The molecule has 1 atom stereocenters. The van der Waals surface area contributed by atoms with Gasteiger partial charge in [-0.1, -0.05) is 36.8 Å². The molecule has 2 aromatic carbocycles. The molecule has 1 heterocycles. The Bertz CT molecular complexity index is 713. The molecule has 0 N–H and O–H groups in total. The second kappa shape index (κ2) is 7.67. The third-order valence-corrected chi connectivity index (χ3v) is 4.74. The Morgan fingerprint density at radius 3 is 2.71 bits per heavy atom. The van der Waals surface area contributed by atoms with Gasteiger partial charge in [0.25, 0.3) is 0 Å². The van der Waals surface area contributed by atoms with Gasteiger partial charge in [-0.15, -0.1) is 0 Å². The van der Waals surface area contributed by atoms with E-state index in [0.29, 0.717) is 6.61 Å². The molecule has 0 aromatic heterocycles. The van der Waals surface area contributed by atoms with E-state index in [0.717, 1.165) is 43.5 Å². The van der Waals surface area contributed by atoms with Crippen molar-refractivity contribution in [1.82, 2.24) is 4.90 Å². The number of methoxy groups -OCH3 is 1. The second-order valence-corrected chi connectivity index (χ2v) is 6.21. The summed E-state index contributed by atoms with van der Waals surface area (Å²) in [6.45, 7) is 3.99. The number of fused-ring (bicyclic) bond motifs is 1. The van der Waals surface area contributed by atoms with Crippen molar-refractivity contribution in [2.24, 2.45) is 0 Å². The second-order valence-electron chi connectivity index (χ2n) is 6.21. The van der Waals surface area contributed by atoms with E-state index in [1.54, 1.807) is 7.11 Å². The lowest BCUT2D eigenvalue weighted by molar-refractivity contribution is -0.151. The van der Waals surface area contributed by atoms with Gasteiger partial charge in [-0.25, -0.2) is 0 Å². The van der Waals surface area contributed by atoms with Crippen LogP contribution >= 0.6 is 0 Å². The predicted octanol–water partition coefficient (Wildman–Crippen LogP) is 3.77. The highest BCUT2D eigenvalue weighted by atomic mass is 16.5. The van der Waals surface area contributed by atoms with Crippen molar-refractivity contribution in [2.75, 3.05) is 20.3 Å². The minimum absolute atomic E-state index is 0.0879. The van der Waals surface area contributed by atoms with Crippen molar-refractivity contribution in [3.05, 3.63) is 42.0 Å². The third-order valence-electron chi connectivity index (χ3n) is 4.74. The van der Waals surface area contributed by atoms with Gasteiger partial charge in [0.15, 0.2) is 0 Å². The van der Waals surface area contributed by atoms with Crippen LogP contribution in [-0.2, 0) is 16.1 Å². The number of hydrogen-bond donors (Lipinski definition) is 0. The number of benzene rings is 2. The standard InChI is InChI=1S/C20H25NO3/c1-3-24-20(22)18-10-6-7-13-21(18)14-15-11-12-19(23-2)17-9-5-4-8-16(15)17/h4-5,8-9,11-12,18H,3,6-7,10,13-14H2,1-2H3/t18-/m1/s1. The first-order valence-corrected chi connectivity index (χ1v) is 8.70. The summed E-state index contributed by atoms with van der Waals surface area (Å²) in [5.41, 5.74) is 1.22. The lowest BCUT2D eigenvalue weighted by Gasteiger charge is -2.34. The molecule has 0 spiro atoms. The van der Waals surface area contributed by atoms with Gasteiger partial charge < -0.3 is 9.47 Å². The zero-order valence-electron chi connectivity index (χ0n) is 14.5. The minimum Gasteiger partial charge on any atom is -0.496 e. The molecule has 4 nitrogen and oxygen atoms in total. The van der Waals surface area contributed by atoms with E-state index in [-0.39, 0.29) is 12.0 Å². The number of piperidine rings is 1. The maximum absolute atomic E-state index is 12.3. The quantitative estimate of drug-likeness (QED) is 0.784. The molecule has 1 fully saturated rings. The normalized spacial score (nSPS) is 18.5. The fraction of sp³-hybridized carbons (Fsp3) is 0.450. The van der Waals surface area contributed by atoms with Crippen molar-refractivity contribution in [3.8, 4) is 5.75 Å². The van der Waals surface area contributed by atoms with Crippen LogP contribution in [0.15, 0.2) is 36.4 Å². The van der Waals surface area contributed by atoms with Crippen LogP contribution in [-0.4, -0.2) is 37.2 Å². The fourth-order valence-electron chi connectivity index (χ4n) is 3.55. The Morgan fingerprint density at radius 2 is 1.96 bits per heavy atom. The van der Waals surface area contributed by atoms with Crippen molar-refractivity contribution in [2.45, 2.75) is 38.8 Å². The molecule has 0 aliphatic carbocycles. The highest BCUT2D eigenvalue weighted by molar-refractivity contribution is 5.91. The summed E-state index contributed by atoms with van der Waals surface area (Å²) < 4.78 is 10.7. The van der Waals surface area contributed by atoms with Gasteiger partial charge in [0.2, 0.25) is 0 Å². The van der Waals surface area contributed by atoms with Crippen LogP contribution in [0.3, 0.4) is 0 Å². The van der Waals surface area contributed by atoms with E-state index >= 15 is 0 Å². The maximum Gasteiger partial charge on any atom is 0.323 e. The van der Waals surface area contributed by atoms with Crippen LogP contribution in [0.4, 0.5) is 0 Å². The number of hydrogen-bond acceptors (Lipinski definition) is 4. The molecular formula is C20H25NO3. The maximum atomic E-state index is 12.3. The van der Waals surface area contributed by atoms with Crippen LogP contribution in [0.1, 0.15) is 31.7 Å². The van der Waals surface area contributed by atoms with Crippen molar-refractivity contribution in [1.29, 1.82) is 0 Å². The van der Waals surface area contributed by atoms with Gasteiger partial charge in [-0.05, 0) is 43.3 Å². The first-order chi connectivity index (χ1) is 11.7. The summed E-state index contributed by atoms with van der Waals surface area (Å²) in [4.78, 5) is 14.5. The first kappa shape index (κ1) is 16.8. The van der Waals surface area contributed by atoms with Gasteiger partial charge in [0.1, 0.15) is 11.8 Å². The number of carbonyl (C=O) groups excluding carboxylic acids is 1. The summed E-state index contributed by atoms with van der Waals surface area (Å²) in [5.74, 6) is 0.796. The summed E-state index contributed by atoms with van der Waals surface area (Å²) in [7, 11) is 1.70. The molecule has 4 heteroatoms. The van der Waals surface area contributed by atoms with E-state index in [4.69, 9.17) is 9.47 Å². The molecule has 1 saturated heterocycles. The molecular weight excluding hydrogens is 302 g/mol. The van der Waals surface area contributed by atoms with Gasteiger partial charge in [0.05, 0.1) is 13.7 Å². The first-order valence-electron chi connectivity index (χ1n) is 8.70. The SMILES string of the molecule is CCOC(=O)[C@H]1CCCCN1Cc1ccc(OC)c2ccccc12. The Hall–Kier alpha value is -2.07. The summed E-state index contributed by atoms with van der Waals surface area (Å²) >= 11 is 0. The van der Waals surface area contributed by atoms with E-state index in [1.165, 1.54) is 10.9 Å². The summed E-state index contributed by atoms with van der Waals surface area (Å²) in [5, 5.41) is 2.30. The molecule has 0 bridgehead atoms. The summed E-state index contributed by atoms with van der Waals surface area (Å²) in [6.07, 6.45) is 3.10. The highest BCUT2D eigenvalue weighted by Gasteiger charge is 2.30. The zero-order valence-corrected chi connectivity index (χ0v) is 14.5. The molecule has 2 aromatic rings. The number of likely N-dealkylation sites (tertiary alicyclic amines) is 1. The fourth-order valence-corrected chi connectivity index (χ4v) is 3.55. The number of carbonyl (C=O) groups is 1. The molecule has 0 unspecified atom stereocenters. The minimum atomic E-state index is -0.125. The topological polar surface area (TPSA) is 38.8 Å². The van der Waals surface area contributed by atoms with Crippen LogP contribution in [0.5, 0.6) is 5.75 Å². The average molecular weight is 327 g/mol. The van der Waals surface area contributed by atoms with Crippen molar-refractivity contribution < 1.29 is 14.3 Å². The molecule has 24 heavy (non-hydrogen) atoms. The van der Waals surface area contributed by atoms with E-state index in [2.05, 4.69) is 23.1 Å². The number of rotatable bonds is 5. The van der Waals surface area contributed by atoms with E-state index < -0.39 is 0 Å². The Balaban J connectivity index is 1.89. The van der Waals surface area contributed by atoms with Gasteiger partial charge in [-0.2, -0.15) is 0 Å².